The summed E-state index contributed by atoms with van der Waals surface area (Å²) in [6.07, 6.45) is 2.11. The Morgan fingerprint density at radius 1 is 1.21 bits per heavy atom. The molecule has 24 heavy (non-hydrogen) atoms. The third kappa shape index (κ3) is 2.41. The molecule has 0 fully saturated rings. The van der Waals surface area contributed by atoms with Gasteiger partial charge in [0.1, 0.15) is 0 Å². The third-order valence-electron chi connectivity index (χ3n) is 4.88. The molecule has 1 aliphatic heterocycles. The minimum atomic E-state index is 0.0435. The topological polar surface area (TPSA) is 27.6 Å². The number of hydrazone groups is 1. The summed E-state index contributed by atoms with van der Waals surface area (Å²) in [5.74, 6) is 0.297. The van der Waals surface area contributed by atoms with Crippen molar-refractivity contribution >= 4 is 34.6 Å². The second kappa shape index (κ2) is 6.19. The first-order chi connectivity index (χ1) is 11.7. The molecule has 2 aromatic carbocycles. The molecule has 1 aliphatic carbocycles. The van der Waals surface area contributed by atoms with Crippen molar-refractivity contribution in [2.45, 2.75) is 18.9 Å². The summed E-state index contributed by atoms with van der Waals surface area (Å²) in [7, 11) is 1.84. The van der Waals surface area contributed by atoms with Gasteiger partial charge < -0.3 is 5.32 Å². The Hall–Kier alpha value is -1.91. The molecule has 3 nitrogen and oxygen atoms in total. The maximum absolute atomic E-state index is 6.51. The molecular formula is C19H18ClN3S. The van der Waals surface area contributed by atoms with E-state index >= 15 is 0 Å². The molecule has 2 atom stereocenters. The van der Waals surface area contributed by atoms with Crippen LogP contribution in [0.3, 0.4) is 0 Å². The summed E-state index contributed by atoms with van der Waals surface area (Å²) in [6.45, 7) is 0. The molecule has 5 heteroatoms. The van der Waals surface area contributed by atoms with Gasteiger partial charge in [0, 0.05) is 23.6 Å². The maximum atomic E-state index is 6.51. The molecule has 1 N–H and O–H groups in total. The maximum Gasteiger partial charge on any atom is 0.189 e. The van der Waals surface area contributed by atoms with E-state index in [4.69, 9.17) is 28.9 Å². The Morgan fingerprint density at radius 3 is 2.75 bits per heavy atom. The molecule has 0 bridgehead atoms. The van der Waals surface area contributed by atoms with Gasteiger partial charge in [-0.05, 0) is 42.3 Å². The molecule has 0 saturated heterocycles. The average Bonchev–Trinajstić information content (AvgIpc) is 3.01. The summed E-state index contributed by atoms with van der Waals surface area (Å²) < 4.78 is 0. The Bertz CT molecular complexity index is 833. The number of nitrogens with zero attached hydrogens (tertiary/aromatic N) is 2. The number of halogens is 1. The van der Waals surface area contributed by atoms with Crippen molar-refractivity contribution in [2.75, 3.05) is 7.05 Å². The van der Waals surface area contributed by atoms with Gasteiger partial charge in [-0.3, -0.25) is 0 Å². The number of hydrogen-bond donors (Lipinski definition) is 1. The van der Waals surface area contributed by atoms with Crippen molar-refractivity contribution in [3.63, 3.8) is 0 Å². The third-order valence-corrected chi connectivity index (χ3v) is 5.61. The lowest BCUT2D eigenvalue weighted by Gasteiger charge is -2.31. The van der Waals surface area contributed by atoms with Crippen LogP contribution in [-0.2, 0) is 6.42 Å². The molecule has 0 spiro atoms. The van der Waals surface area contributed by atoms with Gasteiger partial charge in [0.15, 0.2) is 5.11 Å². The fourth-order valence-corrected chi connectivity index (χ4v) is 4.17. The van der Waals surface area contributed by atoms with Crippen molar-refractivity contribution in [3.8, 4) is 0 Å². The highest BCUT2D eigenvalue weighted by molar-refractivity contribution is 7.80. The smallest absolute Gasteiger partial charge is 0.189 e. The van der Waals surface area contributed by atoms with Gasteiger partial charge in [0.05, 0.1) is 11.8 Å². The van der Waals surface area contributed by atoms with Crippen molar-refractivity contribution in [3.05, 3.63) is 70.2 Å². The van der Waals surface area contributed by atoms with E-state index in [9.17, 15) is 0 Å². The molecule has 122 valence electrons. The SMILES string of the molecule is CNC(=S)N1N=C2c3ccccc3CC[C@@H]2[C@@H]1c1ccccc1Cl. The van der Waals surface area contributed by atoms with Gasteiger partial charge in [-0.1, -0.05) is 54.1 Å². The summed E-state index contributed by atoms with van der Waals surface area (Å²) in [5, 5.41) is 11.3. The molecular weight excluding hydrogens is 338 g/mol. The number of aryl methyl sites for hydroxylation is 1. The predicted molar refractivity (Wildman–Crippen MR) is 102 cm³/mol. The Labute approximate surface area is 152 Å². The quantitative estimate of drug-likeness (QED) is 0.778. The van der Waals surface area contributed by atoms with Gasteiger partial charge in [0.25, 0.3) is 0 Å². The zero-order chi connectivity index (χ0) is 16.7. The highest BCUT2D eigenvalue weighted by atomic mass is 35.5. The highest BCUT2D eigenvalue weighted by Crippen LogP contribution is 2.44. The van der Waals surface area contributed by atoms with Gasteiger partial charge in [0.2, 0.25) is 0 Å². The summed E-state index contributed by atoms with van der Waals surface area (Å²) >= 11 is 12.0. The van der Waals surface area contributed by atoms with Crippen LogP contribution in [0.2, 0.25) is 5.02 Å². The lowest BCUT2D eigenvalue weighted by molar-refractivity contribution is 0.305. The van der Waals surface area contributed by atoms with Crippen LogP contribution in [0.4, 0.5) is 0 Å². The van der Waals surface area contributed by atoms with Gasteiger partial charge in [-0.25, -0.2) is 5.01 Å². The lowest BCUT2D eigenvalue weighted by Crippen LogP contribution is -2.37. The van der Waals surface area contributed by atoms with Crippen molar-refractivity contribution in [1.29, 1.82) is 0 Å². The Kier molecular flexibility index (Phi) is 4.02. The molecule has 2 aliphatic rings. The van der Waals surface area contributed by atoms with E-state index in [1.54, 1.807) is 0 Å². The zero-order valence-corrected chi connectivity index (χ0v) is 14.9. The Balaban J connectivity index is 1.84. The van der Waals surface area contributed by atoms with Crippen LogP contribution < -0.4 is 5.32 Å². The first-order valence-corrected chi connectivity index (χ1v) is 8.91. The molecule has 0 amide bonds. The predicted octanol–water partition coefficient (Wildman–Crippen LogP) is 4.17. The molecule has 0 unspecified atom stereocenters. The second-order valence-electron chi connectivity index (χ2n) is 6.15. The molecule has 4 rings (SSSR count). The molecule has 1 heterocycles. The van der Waals surface area contributed by atoms with Crippen LogP contribution >= 0.6 is 23.8 Å². The average molecular weight is 356 g/mol. The largest absolute Gasteiger partial charge is 0.364 e. The first kappa shape index (κ1) is 15.6. The summed E-state index contributed by atoms with van der Waals surface area (Å²) in [6, 6.07) is 16.6. The minimum Gasteiger partial charge on any atom is -0.364 e. The summed E-state index contributed by atoms with van der Waals surface area (Å²) in [4.78, 5) is 0. The Morgan fingerprint density at radius 2 is 1.96 bits per heavy atom. The van der Waals surface area contributed by atoms with Gasteiger partial charge in [-0.15, -0.1) is 0 Å². The molecule has 2 aromatic rings. The molecule has 0 aromatic heterocycles. The fourth-order valence-electron chi connectivity index (χ4n) is 3.77. The number of fused-ring (bicyclic) bond motifs is 3. The standard InChI is InChI=1S/C19H18ClN3S/c1-21-19(24)23-18(14-8-4-5-9-16(14)20)15-11-10-12-6-2-3-7-13(12)17(15)22-23/h2-9,15,18H,10-11H2,1H3,(H,21,24)/t15-,18-/m0/s1. The zero-order valence-electron chi connectivity index (χ0n) is 13.4. The lowest BCUT2D eigenvalue weighted by atomic mass is 9.77. The first-order valence-electron chi connectivity index (χ1n) is 8.13. The second-order valence-corrected chi connectivity index (χ2v) is 6.95. The number of hydrogen-bond acceptors (Lipinski definition) is 2. The van der Waals surface area contributed by atoms with Crippen molar-refractivity contribution in [2.24, 2.45) is 11.0 Å². The van der Waals surface area contributed by atoms with E-state index in [1.807, 2.05) is 30.3 Å². The number of benzene rings is 2. The van der Waals surface area contributed by atoms with Gasteiger partial charge in [-0.2, -0.15) is 5.10 Å². The van der Waals surface area contributed by atoms with Crippen LogP contribution in [0, 0.1) is 5.92 Å². The fraction of sp³-hybridized carbons (Fsp3) is 0.263. The van der Waals surface area contributed by atoms with Crippen LogP contribution in [-0.4, -0.2) is 22.9 Å². The summed E-state index contributed by atoms with van der Waals surface area (Å²) in [5.41, 5.74) is 4.81. The van der Waals surface area contributed by atoms with Crippen LogP contribution in [0.25, 0.3) is 0 Å². The molecule has 0 saturated carbocycles. The molecule has 0 radical (unpaired) electrons. The van der Waals surface area contributed by atoms with Crippen LogP contribution in [0.1, 0.15) is 29.2 Å². The highest BCUT2D eigenvalue weighted by Gasteiger charge is 2.43. The minimum absolute atomic E-state index is 0.0435. The number of thiocarbonyl (C=S) groups is 1. The van der Waals surface area contributed by atoms with E-state index < -0.39 is 0 Å². The number of rotatable bonds is 1. The van der Waals surface area contributed by atoms with Crippen molar-refractivity contribution < 1.29 is 0 Å². The van der Waals surface area contributed by atoms with E-state index in [0.29, 0.717) is 11.0 Å². The monoisotopic (exact) mass is 355 g/mol. The number of nitrogens with one attached hydrogen (secondary N) is 1. The van der Waals surface area contributed by atoms with E-state index in [-0.39, 0.29) is 6.04 Å². The van der Waals surface area contributed by atoms with E-state index in [2.05, 4.69) is 35.6 Å². The van der Waals surface area contributed by atoms with Gasteiger partial charge >= 0.3 is 0 Å². The van der Waals surface area contributed by atoms with Crippen molar-refractivity contribution in [1.82, 2.24) is 10.3 Å². The van der Waals surface area contributed by atoms with E-state index in [1.165, 1.54) is 11.1 Å². The van der Waals surface area contributed by atoms with E-state index in [0.717, 1.165) is 29.1 Å². The normalized spacial score (nSPS) is 21.8. The van der Waals surface area contributed by atoms with Crippen LogP contribution in [0.15, 0.2) is 53.6 Å². The van der Waals surface area contributed by atoms with Crippen LogP contribution in [0.5, 0.6) is 0 Å².